The van der Waals surface area contributed by atoms with E-state index >= 15 is 0 Å². The number of hydrogen-bond acceptors (Lipinski definition) is 3. The van der Waals surface area contributed by atoms with Gasteiger partial charge in [0.2, 0.25) is 5.91 Å². The molecule has 1 atom stereocenters. The van der Waals surface area contributed by atoms with Gasteiger partial charge in [-0.15, -0.1) is 0 Å². The second-order valence-electron chi connectivity index (χ2n) is 6.27. The van der Waals surface area contributed by atoms with Gasteiger partial charge in [-0.1, -0.05) is 23.8 Å². The first kappa shape index (κ1) is 15.6. The summed E-state index contributed by atoms with van der Waals surface area (Å²) in [7, 11) is 0. The van der Waals surface area contributed by atoms with E-state index in [2.05, 4.69) is 6.08 Å². The maximum atomic E-state index is 12.8. The first-order valence-corrected chi connectivity index (χ1v) is 8.11. The van der Waals surface area contributed by atoms with Crippen LogP contribution in [0.15, 0.2) is 35.9 Å². The quantitative estimate of drug-likeness (QED) is 0.851. The summed E-state index contributed by atoms with van der Waals surface area (Å²) in [6, 6.07) is 6.10. The number of nitrogens with zero attached hydrogens (tertiary/aromatic N) is 2. The molecule has 1 aromatic carbocycles. The smallest absolute Gasteiger partial charge is 0.258 e. The predicted octanol–water partition coefficient (Wildman–Crippen LogP) is 2.18. The zero-order valence-corrected chi connectivity index (χ0v) is 13.4. The van der Waals surface area contributed by atoms with Crippen molar-refractivity contribution < 1.29 is 14.7 Å². The molecule has 1 unspecified atom stereocenters. The lowest BCUT2D eigenvalue weighted by molar-refractivity contribution is -0.135. The number of para-hydroxylation sites is 1. The molecule has 23 heavy (non-hydrogen) atoms. The Hall–Kier alpha value is -2.30. The van der Waals surface area contributed by atoms with Crippen LogP contribution >= 0.6 is 0 Å². The van der Waals surface area contributed by atoms with E-state index in [1.807, 2.05) is 11.8 Å². The van der Waals surface area contributed by atoms with Crippen molar-refractivity contribution >= 4 is 11.8 Å². The molecule has 2 amide bonds. The van der Waals surface area contributed by atoms with Gasteiger partial charge in [0, 0.05) is 19.6 Å². The minimum Gasteiger partial charge on any atom is -0.507 e. The van der Waals surface area contributed by atoms with Gasteiger partial charge in [0.1, 0.15) is 11.8 Å². The largest absolute Gasteiger partial charge is 0.507 e. The molecule has 0 aliphatic carbocycles. The van der Waals surface area contributed by atoms with Gasteiger partial charge in [0.05, 0.1) is 5.56 Å². The number of hydrogen-bond donors (Lipinski definition) is 1. The third-order valence-electron chi connectivity index (χ3n) is 4.58. The van der Waals surface area contributed by atoms with Gasteiger partial charge in [-0.3, -0.25) is 9.59 Å². The lowest BCUT2D eigenvalue weighted by atomic mass is 10.1. The summed E-state index contributed by atoms with van der Waals surface area (Å²) in [6.07, 6.45) is 4.54. The van der Waals surface area contributed by atoms with Crippen molar-refractivity contribution in [2.75, 3.05) is 19.6 Å². The number of carbonyl (C=O) groups excluding carboxylic acids is 2. The van der Waals surface area contributed by atoms with E-state index in [4.69, 9.17) is 0 Å². The Balaban J connectivity index is 1.78. The summed E-state index contributed by atoms with van der Waals surface area (Å²) >= 11 is 0. The van der Waals surface area contributed by atoms with Crippen molar-refractivity contribution in [1.29, 1.82) is 0 Å². The van der Waals surface area contributed by atoms with Crippen LogP contribution < -0.4 is 0 Å². The van der Waals surface area contributed by atoms with Gasteiger partial charge in [0.15, 0.2) is 0 Å². The van der Waals surface area contributed by atoms with Crippen LogP contribution in [0.3, 0.4) is 0 Å². The molecule has 0 radical (unpaired) electrons. The van der Waals surface area contributed by atoms with Crippen LogP contribution in [0, 0.1) is 0 Å². The fourth-order valence-electron chi connectivity index (χ4n) is 3.39. The third kappa shape index (κ3) is 3.09. The molecule has 2 aliphatic rings. The molecule has 0 bridgehead atoms. The lowest BCUT2D eigenvalue weighted by Crippen LogP contribution is -2.49. The van der Waals surface area contributed by atoms with Crippen LogP contribution in [-0.2, 0) is 4.79 Å². The van der Waals surface area contributed by atoms with Crippen LogP contribution in [0.4, 0.5) is 0 Å². The van der Waals surface area contributed by atoms with E-state index in [-0.39, 0.29) is 23.1 Å². The van der Waals surface area contributed by atoms with Crippen molar-refractivity contribution in [3.05, 3.63) is 41.5 Å². The number of phenols is 1. The zero-order chi connectivity index (χ0) is 16.4. The molecule has 2 heterocycles. The second kappa shape index (κ2) is 6.44. The Morgan fingerprint density at radius 1 is 1.22 bits per heavy atom. The minimum absolute atomic E-state index is 0.0266. The molecule has 3 rings (SSSR count). The molecule has 1 aromatic rings. The summed E-state index contributed by atoms with van der Waals surface area (Å²) in [6.45, 7) is 3.95. The van der Waals surface area contributed by atoms with Crippen molar-refractivity contribution in [2.45, 2.75) is 32.2 Å². The van der Waals surface area contributed by atoms with Crippen molar-refractivity contribution in [3.8, 4) is 5.75 Å². The first-order valence-electron chi connectivity index (χ1n) is 8.11. The third-order valence-corrected chi connectivity index (χ3v) is 4.58. The van der Waals surface area contributed by atoms with Crippen molar-refractivity contribution in [3.63, 3.8) is 0 Å². The molecule has 0 saturated carbocycles. The minimum atomic E-state index is -0.409. The average Bonchev–Trinajstić information content (AvgIpc) is 3.03. The highest BCUT2D eigenvalue weighted by molar-refractivity contribution is 6.00. The Kier molecular flexibility index (Phi) is 4.37. The molecular weight excluding hydrogens is 292 g/mol. The summed E-state index contributed by atoms with van der Waals surface area (Å²) in [4.78, 5) is 29.0. The number of carbonyl (C=O) groups is 2. The predicted molar refractivity (Wildman–Crippen MR) is 87.1 cm³/mol. The normalized spacial score (nSPS) is 21.3. The summed E-state index contributed by atoms with van der Waals surface area (Å²) in [5.41, 5.74) is 1.46. The van der Waals surface area contributed by atoms with Crippen molar-refractivity contribution in [2.24, 2.45) is 0 Å². The molecule has 5 heteroatoms. The number of likely N-dealkylation sites (tertiary alicyclic amines) is 1. The van der Waals surface area contributed by atoms with Crippen LogP contribution in [0.1, 0.15) is 36.5 Å². The molecule has 0 aromatic heterocycles. The lowest BCUT2D eigenvalue weighted by Gasteiger charge is -2.32. The van der Waals surface area contributed by atoms with E-state index in [0.717, 1.165) is 12.8 Å². The van der Waals surface area contributed by atoms with Crippen LogP contribution in [0.2, 0.25) is 0 Å². The van der Waals surface area contributed by atoms with Crippen LogP contribution in [-0.4, -0.2) is 52.4 Å². The van der Waals surface area contributed by atoms with Crippen LogP contribution in [0.5, 0.6) is 5.75 Å². The van der Waals surface area contributed by atoms with E-state index in [9.17, 15) is 14.7 Å². The summed E-state index contributed by atoms with van der Waals surface area (Å²) < 4.78 is 0. The first-order chi connectivity index (χ1) is 11.1. The molecule has 1 saturated heterocycles. The van der Waals surface area contributed by atoms with Gasteiger partial charge >= 0.3 is 0 Å². The van der Waals surface area contributed by atoms with Gasteiger partial charge in [0.25, 0.3) is 5.91 Å². The fourth-order valence-corrected chi connectivity index (χ4v) is 3.39. The average molecular weight is 314 g/mol. The van der Waals surface area contributed by atoms with Crippen LogP contribution in [0.25, 0.3) is 0 Å². The number of amides is 2. The SMILES string of the molecule is CC1=CCCN(C(=O)C2CCCN2C(=O)c2ccccc2O)C1. The van der Waals surface area contributed by atoms with Crippen molar-refractivity contribution in [1.82, 2.24) is 9.80 Å². The van der Waals surface area contributed by atoms with E-state index in [0.29, 0.717) is 26.1 Å². The number of aromatic hydroxyl groups is 1. The highest BCUT2D eigenvalue weighted by Gasteiger charge is 2.37. The highest BCUT2D eigenvalue weighted by Crippen LogP contribution is 2.26. The monoisotopic (exact) mass is 314 g/mol. The van der Waals surface area contributed by atoms with Gasteiger partial charge in [-0.2, -0.15) is 0 Å². The highest BCUT2D eigenvalue weighted by atomic mass is 16.3. The van der Waals surface area contributed by atoms with E-state index in [1.165, 1.54) is 11.6 Å². The topological polar surface area (TPSA) is 60.9 Å². The molecule has 1 fully saturated rings. The van der Waals surface area contributed by atoms with Gasteiger partial charge in [-0.25, -0.2) is 0 Å². The molecule has 1 N–H and O–H groups in total. The Morgan fingerprint density at radius 2 is 2.00 bits per heavy atom. The van der Waals surface area contributed by atoms with E-state index in [1.54, 1.807) is 23.1 Å². The van der Waals surface area contributed by atoms with Gasteiger partial charge < -0.3 is 14.9 Å². The number of phenolic OH excluding ortho intramolecular Hbond substituents is 1. The number of benzene rings is 1. The summed E-state index contributed by atoms with van der Waals surface area (Å²) in [5.74, 6) is -0.269. The zero-order valence-electron chi connectivity index (χ0n) is 13.4. The Labute approximate surface area is 136 Å². The molecule has 5 nitrogen and oxygen atoms in total. The second-order valence-corrected chi connectivity index (χ2v) is 6.27. The Morgan fingerprint density at radius 3 is 2.74 bits per heavy atom. The maximum absolute atomic E-state index is 12.8. The van der Waals surface area contributed by atoms with E-state index < -0.39 is 6.04 Å². The molecular formula is C18H22N2O3. The standard InChI is InChI=1S/C18H22N2O3/c1-13-6-4-10-19(12-13)18(23)15-8-5-11-20(15)17(22)14-7-2-3-9-16(14)21/h2-3,6-7,9,15,21H,4-5,8,10-12H2,1H3. The Bertz CT molecular complexity index is 653. The fraction of sp³-hybridized carbons (Fsp3) is 0.444. The number of rotatable bonds is 2. The molecule has 122 valence electrons. The molecule has 0 spiro atoms. The summed E-state index contributed by atoms with van der Waals surface area (Å²) in [5, 5.41) is 9.90. The van der Waals surface area contributed by atoms with Gasteiger partial charge in [-0.05, 0) is 38.3 Å². The maximum Gasteiger partial charge on any atom is 0.258 e. The molecule has 2 aliphatic heterocycles.